The zero-order valence-electron chi connectivity index (χ0n) is 24.1. The van der Waals surface area contributed by atoms with Gasteiger partial charge >= 0.3 is 36.4 Å². The van der Waals surface area contributed by atoms with E-state index < -0.39 is 36.4 Å². The first-order valence-corrected chi connectivity index (χ1v) is 12.8. The molecule has 0 bridgehead atoms. The molecule has 0 saturated carbocycles. The van der Waals surface area contributed by atoms with Gasteiger partial charge in [-0.25, -0.2) is 14.4 Å². The fourth-order valence-electron chi connectivity index (χ4n) is 3.80. The van der Waals surface area contributed by atoms with Gasteiger partial charge in [-0.2, -0.15) is 39.5 Å². The number of carboxylic acids is 3. The minimum atomic E-state index is -5.08. The molecule has 2 heterocycles. The van der Waals surface area contributed by atoms with Gasteiger partial charge in [0.1, 0.15) is 0 Å². The van der Waals surface area contributed by atoms with Gasteiger partial charge in [-0.3, -0.25) is 14.8 Å². The molecule has 0 aliphatic carbocycles. The summed E-state index contributed by atoms with van der Waals surface area (Å²) >= 11 is 0. The molecule has 1 aliphatic heterocycles. The second-order valence-electron chi connectivity index (χ2n) is 9.61. The molecule has 45 heavy (non-hydrogen) atoms. The standard InChI is InChI=1S/C21H29N3.3C2HF3O2/c1-17(2)23(3)20-11-13-24(16-19-10-7-12-22-15-19)21(20)14-18-8-5-4-6-9-18;3*3-2(4,5)1(6)7/h4-10,12,15,17,20-21H,11,13-14,16H2,1-3H3;3*(H,6,7)/t20-,21+;;;/m1.../s1. The van der Waals surface area contributed by atoms with Crippen LogP contribution in [0.4, 0.5) is 39.5 Å². The van der Waals surface area contributed by atoms with Gasteiger partial charge < -0.3 is 15.3 Å². The van der Waals surface area contributed by atoms with Gasteiger partial charge in [-0.05, 0) is 50.9 Å². The summed E-state index contributed by atoms with van der Waals surface area (Å²) < 4.78 is 95.2. The van der Waals surface area contributed by atoms with Crippen molar-refractivity contribution in [1.29, 1.82) is 0 Å². The van der Waals surface area contributed by atoms with Crippen LogP contribution >= 0.6 is 0 Å². The molecule has 3 rings (SSSR count). The molecule has 1 aromatic carbocycles. The minimum absolute atomic E-state index is 0.556. The number of halogens is 9. The van der Waals surface area contributed by atoms with E-state index >= 15 is 0 Å². The number of benzene rings is 1. The number of carbonyl (C=O) groups is 3. The first-order chi connectivity index (χ1) is 20.5. The van der Waals surface area contributed by atoms with Crippen LogP contribution in [0.2, 0.25) is 0 Å². The summed E-state index contributed by atoms with van der Waals surface area (Å²) in [5.41, 5.74) is 2.74. The molecule has 18 heteroatoms. The first kappa shape index (κ1) is 41.1. The van der Waals surface area contributed by atoms with Crippen LogP contribution in [0.5, 0.6) is 0 Å². The Kier molecular flexibility index (Phi) is 16.6. The quantitative estimate of drug-likeness (QED) is 0.342. The third kappa shape index (κ3) is 16.6. The highest BCUT2D eigenvalue weighted by Gasteiger charge is 2.40. The van der Waals surface area contributed by atoms with Crippen LogP contribution in [0.15, 0.2) is 54.9 Å². The smallest absolute Gasteiger partial charge is 0.475 e. The molecule has 0 unspecified atom stereocenters. The highest BCUT2D eigenvalue weighted by Crippen LogP contribution is 2.28. The molecule has 0 spiro atoms. The Hall–Kier alpha value is -3.93. The van der Waals surface area contributed by atoms with Crippen LogP contribution < -0.4 is 0 Å². The zero-order valence-corrected chi connectivity index (χ0v) is 24.1. The number of pyridine rings is 1. The first-order valence-electron chi connectivity index (χ1n) is 12.8. The van der Waals surface area contributed by atoms with Crippen LogP contribution in [-0.4, -0.2) is 98.3 Å². The van der Waals surface area contributed by atoms with Crippen LogP contribution in [0.3, 0.4) is 0 Å². The predicted octanol–water partition coefficient (Wildman–Crippen LogP) is 5.51. The molecule has 0 amide bonds. The van der Waals surface area contributed by atoms with Crippen molar-refractivity contribution < 1.29 is 69.2 Å². The third-order valence-corrected chi connectivity index (χ3v) is 6.09. The summed E-state index contributed by atoms with van der Waals surface area (Å²) in [6.07, 6.45) is -9.04. The molecule has 2 aromatic rings. The summed E-state index contributed by atoms with van der Waals surface area (Å²) in [5, 5.41) is 21.4. The number of hydrogen-bond acceptors (Lipinski definition) is 6. The molecule has 9 nitrogen and oxygen atoms in total. The van der Waals surface area contributed by atoms with Crippen molar-refractivity contribution in [2.24, 2.45) is 0 Å². The molecule has 3 N–H and O–H groups in total. The van der Waals surface area contributed by atoms with Crippen LogP contribution in [0.25, 0.3) is 0 Å². The van der Waals surface area contributed by atoms with E-state index in [1.807, 2.05) is 18.5 Å². The maximum atomic E-state index is 10.6. The highest BCUT2D eigenvalue weighted by molar-refractivity contribution is 5.73. The van der Waals surface area contributed by atoms with E-state index in [-0.39, 0.29) is 0 Å². The van der Waals surface area contributed by atoms with Gasteiger partial charge in [-0.1, -0.05) is 36.4 Å². The lowest BCUT2D eigenvalue weighted by Crippen LogP contribution is -2.47. The molecular formula is C27H32F9N3O6. The molecule has 0 radical (unpaired) electrons. The lowest BCUT2D eigenvalue weighted by atomic mass is 9.98. The number of rotatable bonds is 6. The number of hydrogen-bond donors (Lipinski definition) is 3. The highest BCUT2D eigenvalue weighted by atomic mass is 19.4. The van der Waals surface area contributed by atoms with Crippen molar-refractivity contribution in [1.82, 2.24) is 14.8 Å². The van der Waals surface area contributed by atoms with E-state index in [1.54, 1.807) is 0 Å². The third-order valence-electron chi connectivity index (χ3n) is 6.09. The fraction of sp³-hybridized carbons (Fsp3) is 0.481. The van der Waals surface area contributed by atoms with E-state index in [0.29, 0.717) is 18.1 Å². The Morgan fingerprint density at radius 3 is 1.60 bits per heavy atom. The Morgan fingerprint density at radius 2 is 1.24 bits per heavy atom. The van der Waals surface area contributed by atoms with Crippen molar-refractivity contribution in [3.63, 3.8) is 0 Å². The average Bonchev–Trinajstić information content (AvgIpc) is 3.30. The van der Waals surface area contributed by atoms with Crippen LogP contribution in [0.1, 0.15) is 31.4 Å². The number of nitrogens with zero attached hydrogens (tertiary/aromatic N) is 3. The Labute approximate surface area is 251 Å². The van der Waals surface area contributed by atoms with E-state index in [2.05, 4.69) is 72.1 Å². The lowest BCUT2D eigenvalue weighted by Gasteiger charge is -2.35. The summed E-state index contributed by atoms with van der Waals surface area (Å²) in [4.78, 5) is 36.2. The Bertz CT molecular complexity index is 1120. The Morgan fingerprint density at radius 1 is 0.822 bits per heavy atom. The normalized spacial score (nSPS) is 16.8. The second kappa shape index (κ2) is 18.1. The summed E-state index contributed by atoms with van der Waals surface area (Å²) in [6, 6.07) is 16.9. The molecular weight excluding hydrogens is 633 g/mol. The zero-order chi connectivity index (χ0) is 35.2. The minimum Gasteiger partial charge on any atom is -0.475 e. The van der Waals surface area contributed by atoms with Gasteiger partial charge in [0.15, 0.2) is 0 Å². The van der Waals surface area contributed by atoms with Crippen molar-refractivity contribution in [2.75, 3.05) is 13.6 Å². The number of carboxylic acid groups (broad SMARTS) is 3. The summed E-state index contributed by atoms with van der Waals surface area (Å²) in [5.74, 6) is -8.27. The number of likely N-dealkylation sites (tertiary alicyclic amines) is 1. The molecule has 2 atom stereocenters. The number of aliphatic carboxylic acids is 3. The SMILES string of the molecule is CC(C)N(C)[C@@H]1CCN(Cc2cccnc2)[C@H]1Cc1ccccc1.O=C(O)C(F)(F)F.O=C(O)C(F)(F)F.O=C(O)C(F)(F)F. The van der Waals surface area contributed by atoms with Gasteiger partial charge in [0.25, 0.3) is 0 Å². The molecule has 254 valence electrons. The second-order valence-corrected chi connectivity index (χ2v) is 9.61. The van der Waals surface area contributed by atoms with Crippen molar-refractivity contribution in [2.45, 2.75) is 69.9 Å². The maximum absolute atomic E-state index is 10.6. The van der Waals surface area contributed by atoms with E-state index in [1.165, 1.54) is 17.5 Å². The molecule has 1 aromatic heterocycles. The maximum Gasteiger partial charge on any atom is 0.490 e. The number of aromatic nitrogens is 1. The van der Waals surface area contributed by atoms with Gasteiger partial charge in [0, 0.05) is 43.6 Å². The predicted molar refractivity (Wildman–Crippen MR) is 141 cm³/mol. The largest absolute Gasteiger partial charge is 0.490 e. The van der Waals surface area contributed by atoms with E-state index in [4.69, 9.17) is 29.7 Å². The monoisotopic (exact) mass is 665 g/mol. The Balaban J connectivity index is 0.000000753. The number of likely N-dealkylation sites (N-methyl/N-ethyl adjacent to an activating group) is 1. The van der Waals surface area contributed by atoms with Crippen molar-refractivity contribution >= 4 is 17.9 Å². The van der Waals surface area contributed by atoms with E-state index in [0.717, 1.165) is 19.5 Å². The average molecular weight is 666 g/mol. The molecule has 1 saturated heterocycles. The van der Waals surface area contributed by atoms with Crippen molar-refractivity contribution in [3.8, 4) is 0 Å². The number of alkyl halides is 9. The summed E-state index contributed by atoms with van der Waals surface area (Å²) in [7, 11) is 2.28. The molecule has 1 fully saturated rings. The van der Waals surface area contributed by atoms with Crippen LogP contribution in [-0.2, 0) is 27.3 Å². The molecule has 1 aliphatic rings. The van der Waals surface area contributed by atoms with Crippen molar-refractivity contribution in [3.05, 3.63) is 66.0 Å². The topological polar surface area (TPSA) is 131 Å². The lowest BCUT2D eigenvalue weighted by molar-refractivity contribution is -0.193. The van der Waals surface area contributed by atoms with Gasteiger partial charge in [-0.15, -0.1) is 0 Å². The van der Waals surface area contributed by atoms with Gasteiger partial charge in [0.05, 0.1) is 0 Å². The van der Waals surface area contributed by atoms with E-state index in [9.17, 15) is 39.5 Å². The summed E-state index contributed by atoms with van der Waals surface area (Å²) in [6.45, 7) is 6.74. The van der Waals surface area contributed by atoms with Crippen LogP contribution in [0, 0.1) is 0 Å². The van der Waals surface area contributed by atoms with Gasteiger partial charge in [0.2, 0.25) is 0 Å². The fourth-order valence-corrected chi connectivity index (χ4v) is 3.80.